The molecule has 5 nitrogen and oxygen atoms in total. The molecule has 0 aliphatic carbocycles. The average molecular weight is 439 g/mol. The molecular weight excluding hydrogens is 417 g/mol. The number of guanidine groups is 1. The van der Waals surface area contributed by atoms with Crippen molar-refractivity contribution in [2.75, 3.05) is 49.1 Å². The molecule has 0 aromatic carbocycles. The van der Waals surface area contributed by atoms with Gasteiger partial charge in [0.15, 0.2) is 11.1 Å². The summed E-state index contributed by atoms with van der Waals surface area (Å²) < 4.78 is 0. The lowest BCUT2D eigenvalue weighted by Gasteiger charge is -2.35. The number of nitrogens with zero attached hydrogens (tertiary/aromatic N) is 4. The Hall–Kier alpha value is -0.480. The van der Waals surface area contributed by atoms with E-state index in [9.17, 15) is 0 Å². The molecule has 1 aromatic rings. The quantitative estimate of drug-likeness (QED) is 0.242. The molecule has 0 saturated carbocycles. The summed E-state index contributed by atoms with van der Waals surface area (Å²) in [5.74, 6) is 2.64. The zero-order valence-electron chi connectivity index (χ0n) is 12.0. The van der Waals surface area contributed by atoms with E-state index < -0.39 is 0 Å². The Morgan fingerprint density at radius 1 is 1.48 bits per heavy atom. The summed E-state index contributed by atoms with van der Waals surface area (Å²) in [5.41, 5.74) is 6.04. The van der Waals surface area contributed by atoms with Gasteiger partial charge in [-0.05, 0) is 0 Å². The van der Waals surface area contributed by atoms with Gasteiger partial charge in [-0.25, -0.2) is 4.98 Å². The lowest BCUT2D eigenvalue weighted by atomic mass is 10.3. The molecule has 0 atom stereocenters. The fourth-order valence-corrected chi connectivity index (χ4v) is 3.24. The van der Waals surface area contributed by atoms with E-state index in [2.05, 4.69) is 26.4 Å². The van der Waals surface area contributed by atoms with Gasteiger partial charge < -0.3 is 15.5 Å². The maximum Gasteiger partial charge on any atom is 0.191 e. The molecule has 2 heterocycles. The van der Waals surface area contributed by atoms with Crippen molar-refractivity contribution in [2.45, 2.75) is 0 Å². The Morgan fingerprint density at radius 2 is 2.24 bits per heavy atom. The Morgan fingerprint density at radius 3 is 2.86 bits per heavy atom. The van der Waals surface area contributed by atoms with Gasteiger partial charge in [0.25, 0.3) is 0 Å². The Kier molecular flexibility index (Phi) is 9.09. The lowest BCUT2D eigenvalue weighted by Crippen LogP contribution is -2.51. The number of anilines is 1. The molecule has 1 aliphatic heterocycles. The van der Waals surface area contributed by atoms with E-state index in [1.165, 1.54) is 0 Å². The number of thioether (sulfide) groups is 1. The highest BCUT2D eigenvalue weighted by molar-refractivity contribution is 14.0. The highest BCUT2D eigenvalue weighted by atomic mass is 127. The Labute approximate surface area is 151 Å². The smallest absolute Gasteiger partial charge is 0.191 e. The zero-order chi connectivity index (χ0) is 14.2. The molecule has 0 spiro atoms. The number of halogens is 1. The fraction of sp³-hybridized carbons (Fsp3) is 0.538. The monoisotopic (exact) mass is 439 g/mol. The predicted molar refractivity (Wildman–Crippen MR) is 105 cm³/mol. The van der Waals surface area contributed by atoms with Gasteiger partial charge in [0, 0.05) is 49.3 Å². The molecule has 21 heavy (non-hydrogen) atoms. The van der Waals surface area contributed by atoms with E-state index in [0.717, 1.165) is 49.4 Å². The third-order valence-corrected chi connectivity index (χ3v) is 4.81. The van der Waals surface area contributed by atoms with Crippen molar-refractivity contribution in [3.63, 3.8) is 0 Å². The Bertz CT molecular complexity index is 430. The van der Waals surface area contributed by atoms with Gasteiger partial charge in [0.1, 0.15) is 0 Å². The van der Waals surface area contributed by atoms with Gasteiger partial charge in [0.05, 0.1) is 6.54 Å². The average Bonchev–Trinajstić information content (AvgIpc) is 3.01. The minimum absolute atomic E-state index is 0. The third kappa shape index (κ3) is 6.03. The van der Waals surface area contributed by atoms with Crippen molar-refractivity contribution < 1.29 is 0 Å². The number of aliphatic imine (C=N–C) groups is 1. The van der Waals surface area contributed by atoms with E-state index in [4.69, 9.17) is 5.73 Å². The SMILES string of the molecule is C=CCSCCN=C(N)N1CCN(c2nccs2)CC1.I. The highest BCUT2D eigenvalue weighted by Gasteiger charge is 2.19. The maximum atomic E-state index is 6.04. The molecular formula is C13H22IN5S2. The second-order valence-electron chi connectivity index (χ2n) is 4.39. The van der Waals surface area contributed by atoms with Crippen molar-refractivity contribution in [3.8, 4) is 0 Å². The van der Waals surface area contributed by atoms with E-state index in [0.29, 0.717) is 5.96 Å². The molecule has 8 heteroatoms. The van der Waals surface area contributed by atoms with Crippen molar-refractivity contribution in [3.05, 3.63) is 24.2 Å². The van der Waals surface area contributed by atoms with Crippen LogP contribution in [0.1, 0.15) is 0 Å². The van der Waals surface area contributed by atoms with Crippen LogP contribution in [0.4, 0.5) is 5.13 Å². The number of piperazine rings is 1. The minimum Gasteiger partial charge on any atom is -0.370 e. The van der Waals surface area contributed by atoms with Crippen LogP contribution in [0.5, 0.6) is 0 Å². The maximum absolute atomic E-state index is 6.04. The largest absolute Gasteiger partial charge is 0.370 e. The number of nitrogens with two attached hydrogens (primary N) is 1. The van der Waals surface area contributed by atoms with Gasteiger partial charge in [0.2, 0.25) is 0 Å². The van der Waals surface area contributed by atoms with Crippen LogP contribution in [-0.4, -0.2) is 60.1 Å². The van der Waals surface area contributed by atoms with Crippen LogP contribution in [0.2, 0.25) is 0 Å². The lowest BCUT2D eigenvalue weighted by molar-refractivity contribution is 0.381. The van der Waals surface area contributed by atoms with Crippen LogP contribution >= 0.6 is 47.1 Å². The minimum atomic E-state index is 0. The summed E-state index contributed by atoms with van der Waals surface area (Å²) >= 11 is 3.51. The second-order valence-corrected chi connectivity index (χ2v) is 6.42. The summed E-state index contributed by atoms with van der Waals surface area (Å²) in [6.45, 7) is 8.20. The van der Waals surface area contributed by atoms with Crippen molar-refractivity contribution in [1.82, 2.24) is 9.88 Å². The molecule has 1 saturated heterocycles. The van der Waals surface area contributed by atoms with E-state index in [1.54, 1.807) is 11.3 Å². The summed E-state index contributed by atoms with van der Waals surface area (Å²) in [6, 6.07) is 0. The summed E-state index contributed by atoms with van der Waals surface area (Å²) in [4.78, 5) is 13.2. The first-order valence-electron chi connectivity index (χ1n) is 6.69. The summed E-state index contributed by atoms with van der Waals surface area (Å²) in [7, 11) is 0. The van der Waals surface area contributed by atoms with Gasteiger partial charge in [-0.3, -0.25) is 4.99 Å². The van der Waals surface area contributed by atoms with Crippen LogP contribution in [0.15, 0.2) is 29.2 Å². The van der Waals surface area contributed by atoms with Gasteiger partial charge in [-0.15, -0.1) is 41.9 Å². The number of thiazole rings is 1. The number of rotatable bonds is 6. The normalized spacial score (nSPS) is 15.7. The van der Waals surface area contributed by atoms with Crippen LogP contribution < -0.4 is 10.6 Å². The molecule has 2 rings (SSSR count). The number of hydrogen-bond donors (Lipinski definition) is 1. The van der Waals surface area contributed by atoms with Gasteiger partial charge in [-0.1, -0.05) is 6.08 Å². The molecule has 1 fully saturated rings. The molecule has 1 aliphatic rings. The first kappa shape index (κ1) is 18.6. The topological polar surface area (TPSA) is 57.8 Å². The van der Waals surface area contributed by atoms with Crippen molar-refractivity contribution in [2.24, 2.45) is 10.7 Å². The summed E-state index contributed by atoms with van der Waals surface area (Å²) in [6.07, 6.45) is 3.76. The first-order valence-corrected chi connectivity index (χ1v) is 8.72. The fourth-order valence-electron chi connectivity index (χ4n) is 1.99. The van der Waals surface area contributed by atoms with E-state index in [1.807, 2.05) is 29.4 Å². The molecule has 0 unspecified atom stereocenters. The predicted octanol–water partition coefficient (Wildman–Crippen LogP) is 2.12. The number of hydrogen-bond acceptors (Lipinski definition) is 5. The van der Waals surface area contributed by atoms with Crippen LogP contribution in [0.3, 0.4) is 0 Å². The van der Waals surface area contributed by atoms with Crippen molar-refractivity contribution >= 4 is 58.2 Å². The van der Waals surface area contributed by atoms with Crippen molar-refractivity contribution in [1.29, 1.82) is 0 Å². The highest BCUT2D eigenvalue weighted by Crippen LogP contribution is 2.18. The molecule has 0 amide bonds. The first-order chi connectivity index (χ1) is 9.81. The molecule has 118 valence electrons. The second kappa shape index (κ2) is 10.3. The van der Waals surface area contributed by atoms with Crippen LogP contribution in [0, 0.1) is 0 Å². The van der Waals surface area contributed by atoms with Gasteiger partial charge >= 0.3 is 0 Å². The third-order valence-electron chi connectivity index (χ3n) is 3.04. The molecule has 2 N–H and O–H groups in total. The number of aromatic nitrogens is 1. The van der Waals surface area contributed by atoms with E-state index in [-0.39, 0.29) is 24.0 Å². The molecule has 1 aromatic heterocycles. The molecule has 0 bridgehead atoms. The summed E-state index contributed by atoms with van der Waals surface area (Å²) in [5, 5.41) is 3.11. The zero-order valence-corrected chi connectivity index (χ0v) is 15.9. The standard InChI is InChI=1S/C13H21N5S2.HI/c1-2-9-19-10-3-15-12(14)17-5-7-18(8-6-17)13-16-4-11-20-13;/h2,4,11H,1,3,5-10H2,(H2,14,15);1H. The van der Waals surface area contributed by atoms with E-state index >= 15 is 0 Å². The molecule has 0 radical (unpaired) electrons. The van der Waals surface area contributed by atoms with Crippen LogP contribution in [0.25, 0.3) is 0 Å². The Balaban J connectivity index is 0.00000220. The van der Waals surface area contributed by atoms with Crippen LogP contribution in [-0.2, 0) is 0 Å². The van der Waals surface area contributed by atoms with Gasteiger partial charge in [-0.2, -0.15) is 11.8 Å².